The van der Waals surface area contributed by atoms with Crippen molar-refractivity contribution in [3.8, 4) is 0 Å². The second-order valence-electron chi connectivity index (χ2n) is 4.70. The Morgan fingerprint density at radius 3 is 1.88 bits per heavy atom. The highest BCUT2D eigenvalue weighted by Gasteiger charge is 2.29. The zero-order valence-corrected chi connectivity index (χ0v) is 13.2. The van der Waals surface area contributed by atoms with Gasteiger partial charge >= 0.3 is 6.80 Å². The Labute approximate surface area is 103 Å². The van der Waals surface area contributed by atoms with Crippen LogP contribution in [0.4, 0.5) is 0 Å². The van der Waals surface area contributed by atoms with Crippen LogP contribution in [0.5, 0.6) is 0 Å². The van der Waals surface area contributed by atoms with Crippen LogP contribution in [-0.4, -0.2) is 57.4 Å². The summed E-state index contributed by atoms with van der Waals surface area (Å²) in [4.78, 5) is 0. The van der Waals surface area contributed by atoms with E-state index in [1.54, 1.807) is 0 Å². The van der Waals surface area contributed by atoms with Crippen LogP contribution in [0.2, 0.25) is 0 Å². The second kappa shape index (κ2) is 7.02. The summed E-state index contributed by atoms with van der Waals surface area (Å²) >= 11 is 0. The Morgan fingerprint density at radius 1 is 1.12 bits per heavy atom. The molecule has 0 heterocycles. The summed E-state index contributed by atoms with van der Waals surface area (Å²) < 4.78 is 24.0. The summed E-state index contributed by atoms with van der Waals surface area (Å²) in [5.41, 5.74) is 0. The van der Waals surface area contributed by atoms with E-state index < -0.39 is 17.3 Å². The zero-order valence-electron chi connectivity index (χ0n) is 11.4. The summed E-state index contributed by atoms with van der Waals surface area (Å²) in [5, 5.41) is 0. The van der Waals surface area contributed by atoms with Crippen LogP contribution in [0.1, 0.15) is 13.8 Å². The fourth-order valence-electron chi connectivity index (χ4n) is 1.13. The van der Waals surface area contributed by atoms with Crippen molar-refractivity contribution >= 4 is 17.3 Å². The van der Waals surface area contributed by atoms with Crippen LogP contribution < -0.4 is 0 Å². The van der Waals surface area contributed by atoms with Gasteiger partial charge in [-0.05, 0) is 20.1 Å². The van der Waals surface area contributed by atoms with Crippen molar-refractivity contribution in [3.05, 3.63) is 0 Å². The minimum Gasteiger partial charge on any atom is -0.330 e. The average molecular weight is 272 g/mol. The largest absolute Gasteiger partial charge is 0.369 e. The Hall–Kier alpha value is 0.460. The first-order chi connectivity index (χ1) is 7.25. The van der Waals surface area contributed by atoms with Crippen molar-refractivity contribution in [2.24, 2.45) is 0 Å². The van der Waals surface area contributed by atoms with Gasteiger partial charge < -0.3 is 13.5 Å². The fraction of sp³-hybridized carbons (Fsp3) is 1.00. The monoisotopic (exact) mass is 272 g/mol. The first kappa shape index (κ1) is 16.5. The maximum atomic E-state index is 12.4. The number of rotatable bonds is 8. The number of thiol groups is 1. The highest BCUT2D eigenvalue weighted by atomic mass is 32.8. The van der Waals surface area contributed by atoms with Crippen LogP contribution >= 0.6 is 17.3 Å². The molecule has 0 aliphatic rings. The highest BCUT2D eigenvalue weighted by molar-refractivity contribution is 8.65. The van der Waals surface area contributed by atoms with Crippen molar-refractivity contribution in [3.63, 3.8) is 0 Å². The third-order valence-electron chi connectivity index (χ3n) is 2.10. The minimum atomic E-state index is -2.84. The molecule has 0 rings (SSSR count). The molecule has 0 fully saturated rings. The van der Waals surface area contributed by atoms with Gasteiger partial charge in [0.15, 0.2) is 0 Å². The van der Waals surface area contributed by atoms with Gasteiger partial charge in [-0.15, -0.1) is 0 Å². The lowest BCUT2D eigenvalue weighted by Gasteiger charge is -2.30. The van der Waals surface area contributed by atoms with Crippen LogP contribution in [0.15, 0.2) is 0 Å². The van der Waals surface area contributed by atoms with Crippen molar-refractivity contribution in [1.82, 2.24) is 0 Å². The summed E-state index contributed by atoms with van der Waals surface area (Å²) in [6.45, 7) is 2.77. The van der Waals surface area contributed by atoms with Gasteiger partial charge in [0, 0.05) is 5.75 Å². The van der Waals surface area contributed by atoms with E-state index >= 15 is 0 Å². The maximum absolute atomic E-state index is 12.4. The summed E-state index contributed by atoms with van der Waals surface area (Å²) in [7, 11) is 5.70. The lowest BCUT2D eigenvalue weighted by Crippen LogP contribution is -2.37. The summed E-state index contributed by atoms with van der Waals surface area (Å²) in [6, 6.07) is 0. The SMILES string of the molecule is CCOP(=O)(OCC)[SH](C)CC[N+](C)(C)C. The van der Waals surface area contributed by atoms with Gasteiger partial charge in [0.1, 0.15) is 0 Å². The van der Waals surface area contributed by atoms with E-state index in [4.69, 9.17) is 9.05 Å². The zero-order chi connectivity index (χ0) is 12.8. The van der Waals surface area contributed by atoms with Crippen LogP contribution in [0.25, 0.3) is 0 Å². The fourth-order valence-corrected chi connectivity index (χ4v) is 6.26. The molecule has 0 aromatic carbocycles. The molecular weight excluding hydrogens is 245 g/mol. The van der Waals surface area contributed by atoms with Gasteiger partial charge in [-0.1, -0.05) is 0 Å². The normalized spacial score (nSPS) is 16.2. The molecule has 1 atom stereocenters. The highest BCUT2D eigenvalue weighted by Crippen LogP contribution is 2.68. The standard InChI is InChI=1S/C10H27NO3PS/c1-7-13-15(12,14-8-2)16(6)10-9-11(3,4)5/h16H,7-10H2,1-6H3/q+1. The third-order valence-corrected chi connectivity index (χ3v) is 8.75. The van der Waals surface area contributed by atoms with Gasteiger partial charge in [0.05, 0.1) is 40.9 Å². The van der Waals surface area contributed by atoms with E-state index in [1.165, 1.54) is 0 Å². The lowest BCUT2D eigenvalue weighted by atomic mass is 10.6. The first-order valence-corrected chi connectivity index (χ1v) is 9.88. The molecule has 100 valence electrons. The molecule has 0 aromatic heterocycles. The van der Waals surface area contributed by atoms with E-state index in [1.807, 2.05) is 20.1 Å². The van der Waals surface area contributed by atoms with Gasteiger partial charge in [0.2, 0.25) is 0 Å². The molecule has 0 radical (unpaired) electrons. The van der Waals surface area contributed by atoms with Crippen LogP contribution in [-0.2, 0) is 13.6 Å². The first-order valence-electron chi connectivity index (χ1n) is 5.66. The second-order valence-corrected chi connectivity index (χ2v) is 11.4. The topological polar surface area (TPSA) is 35.5 Å². The Kier molecular flexibility index (Phi) is 7.22. The van der Waals surface area contributed by atoms with Gasteiger partial charge in [0.25, 0.3) is 0 Å². The average Bonchev–Trinajstić information content (AvgIpc) is 2.13. The number of quaternary nitrogens is 1. The van der Waals surface area contributed by atoms with E-state index in [-0.39, 0.29) is 0 Å². The molecule has 6 heteroatoms. The van der Waals surface area contributed by atoms with E-state index in [9.17, 15) is 4.57 Å². The molecule has 0 N–H and O–H groups in total. The molecule has 0 bridgehead atoms. The third kappa shape index (κ3) is 6.26. The molecular formula is C10H27NO3PS+. The van der Waals surface area contributed by atoms with Crippen molar-refractivity contribution in [2.45, 2.75) is 13.8 Å². The maximum Gasteiger partial charge on any atom is 0.369 e. The van der Waals surface area contributed by atoms with E-state index in [0.29, 0.717) is 13.2 Å². The molecule has 0 aromatic rings. The lowest BCUT2D eigenvalue weighted by molar-refractivity contribution is -0.867. The Bertz CT molecular complexity index is 233. The quantitative estimate of drug-likeness (QED) is 0.419. The van der Waals surface area contributed by atoms with Crippen molar-refractivity contribution < 1.29 is 18.1 Å². The van der Waals surface area contributed by atoms with E-state index in [2.05, 4.69) is 21.1 Å². The summed E-state index contributed by atoms with van der Waals surface area (Å²) in [6.07, 6.45) is 2.01. The van der Waals surface area contributed by atoms with Crippen molar-refractivity contribution in [1.29, 1.82) is 0 Å². The predicted molar refractivity (Wildman–Crippen MR) is 73.5 cm³/mol. The molecule has 0 spiro atoms. The predicted octanol–water partition coefficient (Wildman–Crippen LogP) is 2.50. The Balaban J connectivity index is 4.39. The summed E-state index contributed by atoms with van der Waals surface area (Å²) in [5.74, 6) is 0.913. The molecule has 0 amide bonds. The van der Waals surface area contributed by atoms with Gasteiger partial charge in [-0.2, -0.15) is 10.5 Å². The van der Waals surface area contributed by atoms with Crippen molar-refractivity contribution in [2.75, 3.05) is 52.9 Å². The number of hydrogen-bond acceptors (Lipinski definition) is 3. The Morgan fingerprint density at radius 2 is 1.56 bits per heavy atom. The number of nitrogens with zero attached hydrogens (tertiary/aromatic N) is 1. The molecule has 0 saturated carbocycles. The smallest absolute Gasteiger partial charge is 0.330 e. The van der Waals surface area contributed by atoms with Gasteiger partial charge in [-0.25, -0.2) is 4.57 Å². The molecule has 4 nitrogen and oxygen atoms in total. The van der Waals surface area contributed by atoms with Crippen LogP contribution in [0, 0.1) is 0 Å². The molecule has 0 aliphatic carbocycles. The molecule has 16 heavy (non-hydrogen) atoms. The number of hydrogen-bond donors (Lipinski definition) is 1. The van der Waals surface area contributed by atoms with E-state index in [0.717, 1.165) is 16.8 Å². The molecule has 1 unspecified atom stereocenters. The minimum absolute atomic E-state index is 0.453. The van der Waals surface area contributed by atoms with Crippen LogP contribution in [0.3, 0.4) is 0 Å². The van der Waals surface area contributed by atoms with Gasteiger partial charge in [-0.3, -0.25) is 0 Å². The molecule has 0 aliphatic heterocycles. The molecule has 0 saturated heterocycles.